The highest BCUT2D eigenvalue weighted by Gasteiger charge is 2.01. The summed E-state index contributed by atoms with van der Waals surface area (Å²) < 4.78 is 8.98. The van der Waals surface area contributed by atoms with E-state index in [1.165, 1.54) is 14.2 Å². The Balaban J connectivity index is 3.98. The SMILES string of the molecule is COC=C(OC)C(N)=O. The van der Waals surface area contributed by atoms with Gasteiger partial charge >= 0.3 is 0 Å². The minimum atomic E-state index is -0.639. The van der Waals surface area contributed by atoms with Crippen molar-refractivity contribution in [1.82, 2.24) is 0 Å². The summed E-state index contributed by atoms with van der Waals surface area (Å²) in [5, 5.41) is 0. The molecule has 0 unspecified atom stereocenters. The second kappa shape index (κ2) is 3.77. The molecule has 0 spiro atoms. The Hall–Kier alpha value is -1.19. The highest BCUT2D eigenvalue weighted by atomic mass is 16.5. The molecule has 0 aliphatic carbocycles. The van der Waals surface area contributed by atoms with Crippen LogP contribution in [0.4, 0.5) is 0 Å². The molecule has 0 aromatic heterocycles. The molecule has 2 N–H and O–H groups in total. The maximum absolute atomic E-state index is 10.3. The van der Waals surface area contributed by atoms with E-state index in [4.69, 9.17) is 5.73 Å². The molecule has 0 aliphatic rings. The van der Waals surface area contributed by atoms with Crippen molar-refractivity contribution in [3.63, 3.8) is 0 Å². The van der Waals surface area contributed by atoms with Crippen molar-refractivity contribution in [2.75, 3.05) is 14.2 Å². The quantitative estimate of drug-likeness (QED) is 0.419. The zero-order valence-corrected chi connectivity index (χ0v) is 5.38. The minimum absolute atomic E-state index is 0.0116. The molecule has 9 heavy (non-hydrogen) atoms. The van der Waals surface area contributed by atoms with Gasteiger partial charge in [0.1, 0.15) is 6.26 Å². The second-order valence-electron chi connectivity index (χ2n) is 1.29. The van der Waals surface area contributed by atoms with E-state index in [1.807, 2.05) is 0 Å². The van der Waals surface area contributed by atoms with E-state index < -0.39 is 5.91 Å². The number of hydrogen-bond donors (Lipinski definition) is 1. The van der Waals surface area contributed by atoms with Gasteiger partial charge in [0.2, 0.25) is 5.76 Å². The predicted octanol–water partition coefficient (Wildman–Crippen LogP) is -0.394. The Kier molecular flexibility index (Phi) is 3.27. The Morgan fingerprint density at radius 3 is 2.22 bits per heavy atom. The topological polar surface area (TPSA) is 61.6 Å². The van der Waals surface area contributed by atoms with Gasteiger partial charge in [-0.05, 0) is 0 Å². The minimum Gasteiger partial charge on any atom is -0.500 e. The van der Waals surface area contributed by atoms with E-state index in [0.29, 0.717) is 0 Å². The lowest BCUT2D eigenvalue weighted by Crippen LogP contribution is -2.15. The largest absolute Gasteiger partial charge is 0.500 e. The Morgan fingerprint density at radius 2 is 2.11 bits per heavy atom. The number of amides is 1. The zero-order valence-electron chi connectivity index (χ0n) is 5.38. The number of nitrogens with two attached hydrogens (primary N) is 1. The summed E-state index contributed by atoms with van der Waals surface area (Å²) in [7, 11) is 2.75. The first-order valence-corrected chi connectivity index (χ1v) is 2.29. The summed E-state index contributed by atoms with van der Waals surface area (Å²) in [6.07, 6.45) is 1.14. The van der Waals surface area contributed by atoms with E-state index in [1.54, 1.807) is 0 Å². The first kappa shape index (κ1) is 7.81. The Morgan fingerprint density at radius 1 is 1.56 bits per heavy atom. The lowest BCUT2D eigenvalue weighted by Gasteiger charge is -1.98. The fourth-order valence-corrected chi connectivity index (χ4v) is 0.314. The third-order valence-corrected chi connectivity index (χ3v) is 0.688. The van der Waals surface area contributed by atoms with Gasteiger partial charge in [0, 0.05) is 0 Å². The summed E-state index contributed by atoms with van der Waals surface area (Å²) in [4.78, 5) is 10.3. The van der Waals surface area contributed by atoms with Gasteiger partial charge in [0.25, 0.3) is 5.91 Å². The fourth-order valence-electron chi connectivity index (χ4n) is 0.314. The van der Waals surface area contributed by atoms with Crippen LogP contribution in [0.3, 0.4) is 0 Å². The molecule has 0 radical (unpaired) electrons. The molecular formula is C5H9NO3. The average Bonchev–Trinajstić information content (AvgIpc) is 1.82. The predicted molar refractivity (Wildman–Crippen MR) is 31.3 cm³/mol. The van der Waals surface area contributed by atoms with Crippen LogP contribution in [0.1, 0.15) is 0 Å². The smallest absolute Gasteiger partial charge is 0.287 e. The number of primary amides is 1. The average molecular weight is 131 g/mol. The van der Waals surface area contributed by atoms with Crippen molar-refractivity contribution >= 4 is 5.91 Å². The van der Waals surface area contributed by atoms with Crippen LogP contribution in [0.25, 0.3) is 0 Å². The van der Waals surface area contributed by atoms with Crippen LogP contribution in [0.5, 0.6) is 0 Å². The number of carbonyl (C=O) groups is 1. The summed E-state index contributed by atoms with van der Waals surface area (Å²) in [6, 6.07) is 0. The molecule has 4 heteroatoms. The normalized spacial score (nSPS) is 10.7. The monoisotopic (exact) mass is 131 g/mol. The molecule has 4 nitrogen and oxygen atoms in total. The second-order valence-corrected chi connectivity index (χ2v) is 1.29. The molecule has 0 bridgehead atoms. The van der Waals surface area contributed by atoms with Crippen LogP contribution in [0.15, 0.2) is 12.0 Å². The van der Waals surface area contributed by atoms with E-state index in [2.05, 4.69) is 9.47 Å². The number of ether oxygens (including phenoxy) is 2. The molecule has 0 atom stereocenters. The molecule has 0 heterocycles. The van der Waals surface area contributed by atoms with Crippen LogP contribution in [-0.4, -0.2) is 20.1 Å². The van der Waals surface area contributed by atoms with Crippen LogP contribution in [0, 0.1) is 0 Å². The van der Waals surface area contributed by atoms with Gasteiger partial charge in [-0.25, -0.2) is 0 Å². The summed E-state index contributed by atoms with van der Waals surface area (Å²) >= 11 is 0. The molecule has 0 saturated heterocycles. The molecule has 1 amide bonds. The van der Waals surface area contributed by atoms with Crippen molar-refractivity contribution in [1.29, 1.82) is 0 Å². The molecule has 52 valence electrons. The number of rotatable bonds is 3. The van der Waals surface area contributed by atoms with Crippen molar-refractivity contribution in [3.05, 3.63) is 12.0 Å². The van der Waals surface area contributed by atoms with Gasteiger partial charge in [0.15, 0.2) is 0 Å². The maximum atomic E-state index is 10.3. The van der Waals surface area contributed by atoms with Gasteiger partial charge in [-0.1, -0.05) is 0 Å². The lowest BCUT2D eigenvalue weighted by molar-refractivity contribution is -0.117. The van der Waals surface area contributed by atoms with E-state index in [9.17, 15) is 4.79 Å². The molecule has 0 fully saturated rings. The fraction of sp³-hybridized carbons (Fsp3) is 0.400. The third-order valence-electron chi connectivity index (χ3n) is 0.688. The van der Waals surface area contributed by atoms with E-state index in [0.717, 1.165) is 6.26 Å². The summed E-state index contributed by atoms with van der Waals surface area (Å²) in [5.41, 5.74) is 4.82. The number of carbonyl (C=O) groups excluding carboxylic acids is 1. The summed E-state index contributed by atoms with van der Waals surface area (Å²) in [6.45, 7) is 0. The van der Waals surface area contributed by atoms with Crippen molar-refractivity contribution in [2.24, 2.45) is 5.73 Å². The van der Waals surface area contributed by atoms with Gasteiger partial charge in [-0.3, -0.25) is 4.79 Å². The standard InChI is InChI=1S/C5H9NO3/c1-8-3-4(9-2)5(6)7/h3H,1-2H3,(H2,6,7). The molecule has 0 aromatic carbocycles. The van der Waals surface area contributed by atoms with Crippen molar-refractivity contribution in [2.45, 2.75) is 0 Å². The Labute approximate surface area is 53.2 Å². The Bertz CT molecular complexity index is 130. The number of hydrogen-bond acceptors (Lipinski definition) is 3. The maximum Gasteiger partial charge on any atom is 0.287 e. The first-order chi connectivity index (χ1) is 4.22. The molecule has 0 aliphatic heterocycles. The molecular weight excluding hydrogens is 122 g/mol. The van der Waals surface area contributed by atoms with Crippen LogP contribution < -0.4 is 5.73 Å². The zero-order chi connectivity index (χ0) is 7.28. The molecule has 0 rings (SSSR count). The molecule has 0 saturated carbocycles. The van der Waals surface area contributed by atoms with Crippen LogP contribution in [0.2, 0.25) is 0 Å². The summed E-state index contributed by atoms with van der Waals surface area (Å²) in [5.74, 6) is -0.628. The van der Waals surface area contributed by atoms with Crippen LogP contribution >= 0.6 is 0 Å². The highest BCUT2D eigenvalue weighted by Crippen LogP contribution is 1.91. The highest BCUT2D eigenvalue weighted by molar-refractivity contribution is 5.89. The third kappa shape index (κ3) is 2.58. The molecule has 0 aromatic rings. The van der Waals surface area contributed by atoms with Gasteiger partial charge in [0.05, 0.1) is 14.2 Å². The lowest BCUT2D eigenvalue weighted by atomic mass is 10.5. The van der Waals surface area contributed by atoms with E-state index in [-0.39, 0.29) is 5.76 Å². The van der Waals surface area contributed by atoms with Crippen molar-refractivity contribution in [3.8, 4) is 0 Å². The van der Waals surface area contributed by atoms with Crippen LogP contribution in [-0.2, 0) is 14.3 Å². The van der Waals surface area contributed by atoms with Gasteiger partial charge < -0.3 is 15.2 Å². The van der Waals surface area contributed by atoms with E-state index >= 15 is 0 Å². The van der Waals surface area contributed by atoms with Gasteiger partial charge in [-0.2, -0.15) is 0 Å². The number of methoxy groups -OCH3 is 2. The first-order valence-electron chi connectivity index (χ1n) is 2.29. The van der Waals surface area contributed by atoms with Crippen molar-refractivity contribution < 1.29 is 14.3 Å². The van der Waals surface area contributed by atoms with Gasteiger partial charge in [-0.15, -0.1) is 0 Å².